The van der Waals surface area contributed by atoms with Crippen molar-refractivity contribution in [2.75, 3.05) is 7.11 Å². The van der Waals surface area contributed by atoms with Crippen molar-refractivity contribution in [2.45, 2.75) is 6.92 Å². The predicted octanol–water partition coefficient (Wildman–Crippen LogP) is 7.66. The topological polar surface area (TPSA) is 92.8 Å². The zero-order valence-corrected chi connectivity index (χ0v) is 24.7. The molecule has 0 aliphatic heterocycles. The Morgan fingerprint density at radius 3 is 2.45 bits per heavy atom. The van der Waals surface area contributed by atoms with E-state index in [4.69, 9.17) is 9.47 Å². The van der Waals surface area contributed by atoms with Crippen molar-refractivity contribution < 1.29 is 19.1 Å². The Morgan fingerprint density at radius 2 is 1.70 bits per heavy atom. The molecule has 1 heterocycles. The van der Waals surface area contributed by atoms with Crippen LogP contribution in [0.2, 0.25) is 0 Å². The first-order valence-corrected chi connectivity index (χ1v) is 13.8. The van der Waals surface area contributed by atoms with Crippen LogP contribution in [0.15, 0.2) is 99.0 Å². The molecule has 0 unspecified atom stereocenters. The molecule has 4 aromatic carbocycles. The molecular weight excluding hydrogens is 638 g/mol. The normalized spacial score (nSPS) is 11.1. The lowest BCUT2D eigenvalue weighted by Crippen LogP contribution is -2.19. The van der Waals surface area contributed by atoms with E-state index in [2.05, 4.69) is 47.4 Å². The number of methoxy groups -OCH3 is 1. The van der Waals surface area contributed by atoms with Gasteiger partial charge in [-0.05, 0) is 55.0 Å². The lowest BCUT2D eigenvalue weighted by Gasteiger charge is -2.09. The highest BCUT2D eigenvalue weighted by molar-refractivity contribution is 9.11. The Bertz CT molecular complexity index is 1760. The molecule has 9 heteroatoms. The molecule has 200 valence electrons. The number of ether oxygens (including phenoxy) is 2. The molecule has 5 rings (SSSR count). The zero-order valence-electron chi connectivity index (χ0n) is 21.5. The molecule has 0 aliphatic rings. The van der Waals surface area contributed by atoms with E-state index in [0.717, 1.165) is 25.5 Å². The van der Waals surface area contributed by atoms with Crippen LogP contribution < -0.4 is 14.9 Å². The van der Waals surface area contributed by atoms with Crippen LogP contribution in [-0.2, 0) is 0 Å². The van der Waals surface area contributed by atoms with Crippen molar-refractivity contribution >= 4 is 60.9 Å². The number of esters is 1. The van der Waals surface area contributed by atoms with Crippen LogP contribution in [0.3, 0.4) is 0 Å². The number of carbonyl (C=O) groups is 2. The third-order valence-corrected chi connectivity index (χ3v) is 7.33. The van der Waals surface area contributed by atoms with Crippen molar-refractivity contribution in [1.29, 1.82) is 0 Å². The van der Waals surface area contributed by atoms with Gasteiger partial charge in [0.2, 0.25) is 0 Å². The second-order valence-corrected chi connectivity index (χ2v) is 10.7. The number of rotatable bonds is 7. The van der Waals surface area contributed by atoms with Gasteiger partial charge in [-0.3, -0.25) is 4.79 Å². The molecule has 1 aromatic heterocycles. The molecular formula is C31H23Br2N3O4. The molecule has 2 N–H and O–H groups in total. The average molecular weight is 661 g/mol. The number of hydrogen-bond acceptors (Lipinski definition) is 5. The van der Waals surface area contributed by atoms with Gasteiger partial charge in [0, 0.05) is 25.5 Å². The fourth-order valence-corrected chi connectivity index (χ4v) is 5.24. The van der Waals surface area contributed by atoms with Gasteiger partial charge in [0.15, 0.2) is 0 Å². The fourth-order valence-electron chi connectivity index (χ4n) is 4.33. The summed E-state index contributed by atoms with van der Waals surface area (Å²) in [7, 11) is 1.58. The van der Waals surface area contributed by atoms with E-state index >= 15 is 0 Å². The summed E-state index contributed by atoms with van der Waals surface area (Å²) in [5.74, 6) is -0.0348. The second kappa shape index (κ2) is 11.9. The Kier molecular flexibility index (Phi) is 8.14. The molecule has 1 amide bonds. The minimum atomic E-state index is -0.491. The quantitative estimate of drug-likeness (QED) is 0.0811. The molecule has 0 radical (unpaired) electrons. The first kappa shape index (κ1) is 27.4. The number of benzene rings is 4. The average Bonchev–Trinajstić information content (AvgIpc) is 3.37. The van der Waals surface area contributed by atoms with Crippen LogP contribution >= 0.6 is 31.9 Å². The number of halogens is 2. The van der Waals surface area contributed by atoms with E-state index in [9.17, 15) is 9.59 Å². The van der Waals surface area contributed by atoms with Crippen LogP contribution in [0.5, 0.6) is 11.5 Å². The van der Waals surface area contributed by atoms with Gasteiger partial charge in [-0.15, -0.1) is 0 Å². The SMILES string of the molecule is COc1ccc(Br)c2c(-c3ccccc3)c(C(=O)NN=Cc3cc(Br)ccc3OC(=O)c3cccc(C)c3)[nH]c12. The van der Waals surface area contributed by atoms with E-state index in [0.29, 0.717) is 39.4 Å². The van der Waals surface area contributed by atoms with Gasteiger partial charge in [0.25, 0.3) is 5.91 Å². The molecule has 0 bridgehead atoms. The zero-order chi connectivity index (χ0) is 28.2. The van der Waals surface area contributed by atoms with Gasteiger partial charge in [0.1, 0.15) is 17.2 Å². The third kappa shape index (κ3) is 5.71. The number of hydrazone groups is 1. The van der Waals surface area contributed by atoms with E-state index in [-0.39, 0.29) is 0 Å². The largest absolute Gasteiger partial charge is 0.495 e. The minimum Gasteiger partial charge on any atom is -0.495 e. The highest BCUT2D eigenvalue weighted by atomic mass is 79.9. The van der Waals surface area contributed by atoms with E-state index < -0.39 is 11.9 Å². The smallest absolute Gasteiger partial charge is 0.343 e. The van der Waals surface area contributed by atoms with Gasteiger partial charge < -0.3 is 14.5 Å². The summed E-state index contributed by atoms with van der Waals surface area (Å²) in [4.78, 5) is 29.4. The molecule has 0 saturated heterocycles. The standard InChI is InChI=1S/C31H23Br2N3O4/c1-18-7-6-10-20(15-18)31(38)40-24-13-11-22(32)16-21(24)17-34-36-30(37)29-26(19-8-4-3-5-9-19)27-23(33)12-14-25(39-2)28(27)35-29/h3-17,35H,1-2H3,(H,36,37). The number of nitrogens with one attached hydrogen (secondary N) is 2. The van der Waals surface area contributed by atoms with E-state index in [1.54, 1.807) is 43.5 Å². The maximum absolute atomic E-state index is 13.4. The summed E-state index contributed by atoms with van der Waals surface area (Å²) in [6.45, 7) is 1.91. The molecule has 0 aliphatic carbocycles. The van der Waals surface area contributed by atoms with Crippen LogP contribution in [0.4, 0.5) is 0 Å². The van der Waals surface area contributed by atoms with Crippen molar-refractivity contribution in [3.63, 3.8) is 0 Å². The number of carbonyl (C=O) groups excluding carboxylic acids is 2. The number of aromatic amines is 1. The van der Waals surface area contributed by atoms with Crippen molar-refractivity contribution in [2.24, 2.45) is 5.10 Å². The van der Waals surface area contributed by atoms with Crippen LogP contribution in [0, 0.1) is 6.92 Å². The summed E-state index contributed by atoms with van der Waals surface area (Å²) in [5, 5.41) is 5.00. The van der Waals surface area contributed by atoms with E-state index in [1.807, 2.05) is 55.5 Å². The number of amides is 1. The van der Waals surface area contributed by atoms with Crippen molar-refractivity contribution in [3.8, 4) is 22.6 Å². The first-order chi connectivity index (χ1) is 19.4. The lowest BCUT2D eigenvalue weighted by molar-refractivity contribution is 0.0734. The highest BCUT2D eigenvalue weighted by Crippen LogP contribution is 2.40. The Hall–Kier alpha value is -4.21. The molecule has 0 atom stereocenters. The molecule has 7 nitrogen and oxygen atoms in total. The minimum absolute atomic E-state index is 0.303. The van der Waals surface area contributed by atoms with Gasteiger partial charge >= 0.3 is 5.97 Å². The Balaban J connectivity index is 1.45. The number of hydrogen-bond donors (Lipinski definition) is 2. The third-order valence-electron chi connectivity index (χ3n) is 6.17. The lowest BCUT2D eigenvalue weighted by atomic mass is 10.0. The number of H-pyrrole nitrogens is 1. The number of aromatic nitrogens is 1. The molecule has 5 aromatic rings. The molecule has 0 saturated carbocycles. The summed E-state index contributed by atoms with van der Waals surface area (Å²) in [5.41, 5.74) is 7.06. The number of aryl methyl sites for hydroxylation is 1. The molecule has 0 spiro atoms. The Morgan fingerprint density at radius 1 is 0.925 bits per heavy atom. The van der Waals surface area contributed by atoms with Gasteiger partial charge in [0.05, 0.1) is 24.4 Å². The first-order valence-electron chi connectivity index (χ1n) is 12.2. The fraction of sp³-hybridized carbons (Fsp3) is 0.0645. The Labute approximate surface area is 247 Å². The van der Waals surface area contributed by atoms with Crippen LogP contribution in [0.1, 0.15) is 32.0 Å². The van der Waals surface area contributed by atoms with Crippen molar-refractivity contribution in [3.05, 3.63) is 116 Å². The summed E-state index contributed by atoms with van der Waals surface area (Å²) in [6, 6.07) is 25.6. The van der Waals surface area contributed by atoms with Gasteiger partial charge in [-0.1, -0.05) is 79.9 Å². The second-order valence-electron chi connectivity index (χ2n) is 8.88. The highest BCUT2D eigenvalue weighted by Gasteiger charge is 2.23. The van der Waals surface area contributed by atoms with Crippen LogP contribution in [-0.4, -0.2) is 30.2 Å². The van der Waals surface area contributed by atoms with Crippen molar-refractivity contribution in [1.82, 2.24) is 10.4 Å². The van der Waals surface area contributed by atoms with Gasteiger partial charge in [-0.25, -0.2) is 10.2 Å². The monoisotopic (exact) mass is 659 g/mol. The molecule has 0 fully saturated rings. The maximum Gasteiger partial charge on any atom is 0.343 e. The summed E-state index contributed by atoms with van der Waals surface area (Å²) >= 11 is 7.07. The number of nitrogens with zero attached hydrogens (tertiary/aromatic N) is 1. The molecule has 40 heavy (non-hydrogen) atoms. The van der Waals surface area contributed by atoms with Crippen LogP contribution in [0.25, 0.3) is 22.0 Å². The summed E-state index contributed by atoms with van der Waals surface area (Å²) < 4.78 is 12.8. The predicted molar refractivity (Wildman–Crippen MR) is 163 cm³/mol. The number of fused-ring (bicyclic) bond motifs is 1. The maximum atomic E-state index is 13.4. The van der Waals surface area contributed by atoms with E-state index in [1.165, 1.54) is 6.21 Å². The van der Waals surface area contributed by atoms with Gasteiger partial charge in [-0.2, -0.15) is 5.10 Å². The summed E-state index contributed by atoms with van der Waals surface area (Å²) in [6.07, 6.45) is 1.43.